The summed E-state index contributed by atoms with van der Waals surface area (Å²) in [6, 6.07) is 9.75. The Morgan fingerprint density at radius 2 is 1.58 bits per heavy atom. The fourth-order valence-electron chi connectivity index (χ4n) is 1.47. The number of carbonyl (C=O) groups excluding carboxylic acids is 1. The molecule has 1 N–H and O–H groups in total. The standard InChI is InChI=1S/C13H7BrCl3NO/c14-11-6-8(15)1-2-12(11)18-13(19)7-3-9(16)5-10(17)4-7/h1-6H,(H,18,19). The van der Waals surface area contributed by atoms with E-state index in [1.54, 1.807) is 36.4 Å². The molecular formula is C13H7BrCl3NO. The molecule has 0 aliphatic carbocycles. The van der Waals surface area contributed by atoms with Gasteiger partial charge in [0.2, 0.25) is 0 Å². The van der Waals surface area contributed by atoms with Gasteiger partial charge in [-0.1, -0.05) is 34.8 Å². The number of amides is 1. The molecule has 1 amide bonds. The first-order chi connectivity index (χ1) is 8.95. The Kier molecular flexibility index (Phi) is 4.74. The molecule has 0 spiro atoms. The molecule has 0 unspecified atom stereocenters. The Balaban J connectivity index is 2.25. The van der Waals surface area contributed by atoms with Gasteiger partial charge >= 0.3 is 0 Å². The Hall–Kier alpha value is -0.740. The van der Waals surface area contributed by atoms with Gasteiger partial charge in [-0.2, -0.15) is 0 Å². The van der Waals surface area contributed by atoms with Crippen LogP contribution in [0, 0.1) is 0 Å². The Labute approximate surface area is 133 Å². The van der Waals surface area contributed by atoms with Gasteiger partial charge in [0.25, 0.3) is 5.91 Å². The van der Waals surface area contributed by atoms with Gasteiger partial charge in [0.15, 0.2) is 0 Å². The summed E-state index contributed by atoms with van der Waals surface area (Å²) in [5.41, 5.74) is 1.00. The molecule has 0 saturated heterocycles. The van der Waals surface area contributed by atoms with Crippen LogP contribution in [0.15, 0.2) is 40.9 Å². The lowest BCUT2D eigenvalue weighted by Crippen LogP contribution is -2.12. The molecule has 0 aliphatic heterocycles. The second kappa shape index (κ2) is 6.14. The summed E-state index contributed by atoms with van der Waals surface area (Å²) in [4.78, 5) is 12.1. The van der Waals surface area contributed by atoms with E-state index in [1.165, 1.54) is 0 Å². The molecule has 0 aromatic heterocycles. The number of carbonyl (C=O) groups is 1. The largest absolute Gasteiger partial charge is 0.321 e. The fraction of sp³-hybridized carbons (Fsp3) is 0. The van der Waals surface area contributed by atoms with Gasteiger partial charge in [-0.15, -0.1) is 0 Å². The minimum absolute atomic E-state index is 0.299. The third kappa shape index (κ3) is 3.86. The predicted molar refractivity (Wildman–Crippen MR) is 83.6 cm³/mol. The highest BCUT2D eigenvalue weighted by Crippen LogP contribution is 2.27. The van der Waals surface area contributed by atoms with E-state index in [4.69, 9.17) is 34.8 Å². The average Bonchev–Trinajstić information content (AvgIpc) is 2.31. The first kappa shape index (κ1) is 14.7. The summed E-state index contributed by atoms with van der Waals surface area (Å²) >= 11 is 20.9. The van der Waals surface area contributed by atoms with Crippen molar-refractivity contribution in [2.75, 3.05) is 5.32 Å². The van der Waals surface area contributed by atoms with Gasteiger partial charge in [-0.3, -0.25) is 4.79 Å². The van der Waals surface area contributed by atoms with Gasteiger partial charge in [-0.05, 0) is 52.3 Å². The van der Waals surface area contributed by atoms with Crippen LogP contribution in [-0.4, -0.2) is 5.91 Å². The molecule has 0 bridgehead atoms. The van der Waals surface area contributed by atoms with Crippen molar-refractivity contribution in [2.45, 2.75) is 0 Å². The Bertz CT molecular complexity index is 626. The van der Waals surface area contributed by atoms with Crippen LogP contribution in [0.1, 0.15) is 10.4 Å². The highest BCUT2D eigenvalue weighted by Gasteiger charge is 2.10. The van der Waals surface area contributed by atoms with E-state index in [0.29, 0.717) is 30.8 Å². The molecule has 6 heteroatoms. The number of hydrogen-bond acceptors (Lipinski definition) is 1. The zero-order valence-electron chi connectivity index (χ0n) is 9.38. The van der Waals surface area contributed by atoms with E-state index < -0.39 is 0 Å². The van der Waals surface area contributed by atoms with E-state index in [9.17, 15) is 4.79 Å². The SMILES string of the molecule is O=C(Nc1ccc(Cl)cc1Br)c1cc(Cl)cc(Cl)c1. The average molecular weight is 379 g/mol. The lowest BCUT2D eigenvalue weighted by atomic mass is 10.2. The summed E-state index contributed by atoms with van der Waals surface area (Å²) in [6.45, 7) is 0. The maximum atomic E-state index is 12.1. The number of rotatable bonds is 2. The van der Waals surface area contributed by atoms with E-state index in [2.05, 4.69) is 21.2 Å². The predicted octanol–water partition coefficient (Wildman–Crippen LogP) is 5.66. The molecule has 2 aromatic rings. The second-order valence-corrected chi connectivity index (χ2v) is 5.90. The molecule has 2 aromatic carbocycles. The second-order valence-electron chi connectivity index (χ2n) is 3.74. The van der Waals surface area contributed by atoms with E-state index >= 15 is 0 Å². The van der Waals surface area contributed by atoms with E-state index in [0.717, 1.165) is 0 Å². The van der Waals surface area contributed by atoms with Crippen molar-refractivity contribution in [3.63, 3.8) is 0 Å². The van der Waals surface area contributed by atoms with Gasteiger partial charge in [0.1, 0.15) is 0 Å². The zero-order chi connectivity index (χ0) is 14.0. The summed E-state index contributed by atoms with van der Waals surface area (Å²) in [7, 11) is 0. The van der Waals surface area contributed by atoms with Crippen LogP contribution in [0.3, 0.4) is 0 Å². The lowest BCUT2D eigenvalue weighted by Gasteiger charge is -2.08. The van der Waals surface area contributed by atoms with Crippen LogP contribution in [0.2, 0.25) is 15.1 Å². The van der Waals surface area contributed by atoms with Crippen molar-refractivity contribution in [1.29, 1.82) is 0 Å². The van der Waals surface area contributed by atoms with Gasteiger partial charge < -0.3 is 5.32 Å². The van der Waals surface area contributed by atoms with Gasteiger partial charge in [0.05, 0.1) is 5.69 Å². The lowest BCUT2D eigenvalue weighted by molar-refractivity contribution is 0.102. The smallest absolute Gasteiger partial charge is 0.255 e. The van der Waals surface area contributed by atoms with Crippen molar-refractivity contribution in [3.05, 3.63) is 61.5 Å². The summed E-state index contributed by atoms with van der Waals surface area (Å²) in [5, 5.41) is 4.15. The maximum absolute atomic E-state index is 12.1. The van der Waals surface area contributed by atoms with E-state index in [1.807, 2.05) is 0 Å². The molecular weight excluding hydrogens is 372 g/mol. The number of nitrogens with one attached hydrogen (secondary N) is 1. The zero-order valence-corrected chi connectivity index (χ0v) is 13.2. The van der Waals surface area contributed by atoms with Crippen molar-refractivity contribution in [3.8, 4) is 0 Å². The van der Waals surface area contributed by atoms with Crippen LogP contribution >= 0.6 is 50.7 Å². The maximum Gasteiger partial charge on any atom is 0.255 e. The number of anilines is 1. The molecule has 0 radical (unpaired) electrons. The molecule has 19 heavy (non-hydrogen) atoms. The van der Waals surface area contributed by atoms with Crippen molar-refractivity contribution in [1.82, 2.24) is 0 Å². The molecule has 0 aliphatic rings. The van der Waals surface area contributed by atoms with Crippen molar-refractivity contribution < 1.29 is 4.79 Å². The minimum atomic E-state index is -0.299. The normalized spacial score (nSPS) is 10.3. The van der Waals surface area contributed by atoms with Crippen LogP contribution in [0.25, 0.3) is 0 Å². The molecule has 0 atom stereocenters. The topological polar surface area (TPSA) is 29.1 Å². The van der Waals surface area contributed by atoms with Crippen molar-refractivity contribution >= 4 is 62.3 Å². The number of benzene rings is 2. The van der Waals surface area contributed by atoms with Gasteiger partial charge in [-0.25, -0.2) is 0 Å². The molecule has 2 nitrogen and oxygen atoms in total. The first-order valence-electron chi connectivity index (χ1n) is 5.18. The first-order valence-corrected chi connectivity index (χ1v) is 7.11. The van der Waals surface area contributed by atoms with Crippen molar-refractivity contribution in [2.24, 2.45) is 0 Å². The number of halogens is 4. The fourth-order valence-corrected chi connectivity index (χ4v) is 2.78. The highest BCUT2D eigenvalue weighted by atomic mass is 79.9. The quantitative estimate of drug-likeness (QED) is 0.716. The van der Waals surface area contributed by atoms with Crippen LogP contribution < -0.4 is 5.32 Å². The minimum Gasteiger partial charge on any atom is -0.321 e. The summed E-state index contributed by atoms with van der Waals surface area (Å²) < 4.78 is 0.696. The number of hydrogen-bond donors (Lipinski definition) is 1. The molecule has 98 valence electrons. The Morgan fingerprint density at radius 1 is 0.947 bits per heavy atom. The van der Waals surface area contributed by atoms with E-state index in [-0.39, 0.29) is 5.91 Å². The third-order valence-corrected chi connectivity index (χ3v) is 3.63. The summed E-state index contributed by atoms with van der Waals surface area (Å²) in [5.74, 6) is -0.299. The molecule has 0 saturated carbocycles. The van der Waals surface area contributed by atoms with Crippen LogP contribution in [0.4, 0.5) is 5.69 Å². The highest BCUT2D eigenvalue weighted by molar-refractivity contribution is 9.10. The van der Waals surface area contributed by atoms with Gasteiger partial charge in [0, 0.05) is 25.1 Å². The summed E-state index contributed by atoms with van der Waals surface area (Å²) in [6.07, 6.45) is 0. The molecule has 2 rings (SSSR count). The van der Waals surface area contributed by atoms with Crippen LogP contribution in [0.5, 0.6) is 0 Å². The van der Waals surface area contributed by atoms with Crippen LogP contribution in [-0.2, 0) is 0 Å². The Morgan fingerprint density at radius 3 is 2.16 bits per heavy atom. The monoisotopic (exact) mass is 377 g/mol. The molecule has 0 fully saturated rings. The third-order valence-electron chi connectivity index (χ3n) is 2.30. The molecule has 0 heterocycles.